The number of benzene rings is 1. The zero-order valence-corrected chi connectivity index (χ0v) is 10.5. The molecular weight excluding hydrogens is 216 g/mol. The number of carbonyl (C=O) groups is 1. The molecule has 2 rings (SSSR count). The SMILES string of the molecule is CCN1CC(c2ccccc2OC)N(C)C1=O. The number of nitrogens with zero attached hydrogens (tertiary/aromatic N) is 2. The molecule has 1 fully saturated rings. The summed E-state index contributed by atoms with van der Waals surface area (Å²) in [5, 5.41) is 0. The number of amides is 2. The maximum Gasteiger partial charge on any atom is 0.320 e. The third-order valence-corrected chi connectivity index (χ3v) is 3.31. The van der Waals surface area contributed by atoms with Gasteiger partial charge in [0.25, 0.3) is 0 Å². The second-order valence-electron chi connectivity index (χ2n) is 4.19. The minimum absolute atomic E-state index is 0.0820. The molecule has 4 heteroatoms. The van der Waals surface area contributed by atoms with Crippen LogP contribution in [-0.2, 0) is 0 Å². The number of urea groups is 1. The predicted molar refractivity (Wildman–Crippen MR) is 66.1 cm³/mol. The van der Waals surface area contributed by atoms with Crippen molar-refractivity contribution in [1.82, 2.24) is 9.80 Å². The van der Waals surface area contributed by atoms with Gasteiger partial charge in [-0.2, -0.15) is 0 Å². The summed E-state index contributed by atoms with van der Waals surface area (Å²) in [5.74, 6) is 0.843. The van der Waals surface area contributed by atoms with Crippen LogP contribution in [0.1, 0.15) is 18.5 Å². The van der Waals surface area contributed by atoms with Gasteiger partial charge in [0.15, 0.2) is 0 Å². The molecule has 0 saturated carbocycles. The summed E-state index contributed by atoms with van der Waals surface area (Å²) in [5.41, 5.74) is 1.07. The van der Waals surface area contributed by atoms with E-state index < -0.39 is 0 Å². The normalized spacial score (nSPS) is 19.9. The fourth-order valence-electron chi connectivity index (χ4n) is 2.28. The van der Waals surface area contributed by atoms with Gasteiger partial charge in [-0.15, -0.1) is 0 Å². The van der Waals surface area contributed by atoms with E-state index in [9.17, 15) is 4.79 Å². The summed E-state index contributed by atoms with van der Waals surface area (Å²) in [7, 11) is 3.50. The van der Waals surface area contributed by atoms with Crippen molar-refractivity contribution in [3.8, 4) is 5.75 Å². The molecule has 92 valence electrons. The molecule has 0 bridgehead atoms. The van der Waals surface area contributed by atoms with E-state index >= 15 is 0 Å². The summed E-state index contributed by atoms with van der Waals surface area (Å²) < 4.78 is 5.35. The second-order valence-corrected chi connectivity index (χ2v) is 4.19. The van der Waals surface area contributed by atoms with Crippen molar-refractivity contribution in [2.75, 3.05) is 27.2 Å². The number of methoxy groups -OCH3 is 1. The van der Waals surface area contributed by atoms with Crippen LogP contribution >= 0.6 is 0 Å². The third kappa shape index (κ3) is 1.95. The number of carbonyl (C=O) groups excluding carboxylic acids is 1. The summed E-state index contributed by atoms with van der Waals surface area (Å²) in [6.45, 7) is 3.47. The lowest BCUT2D eigenvalue weighted by Gasteiger charge is -2.20. The van der Waals surface area contributed by atoms with Gasteiger partial charge in [0.1, 0.15) is 5.75 Å². The molecule has 17 heavy (non-hydrogen) atoms. The Bertz CT molecular complexity index is 420. The Hall–Kier alpha value is -1.71. The second kappa shape index (κ2) is 4.65. The lowest BCUT2D eigenvalue weighted by molar-refractivity contribution is 0.197. The Labute approximate surface area is 102 Å². The number of rotatable bonds is 3. The molecule has 1 unspecified atom stereocenters. The van der Waals surface area contributed by atoms with Crippen LogP contribution in [0.2, 0.25) is 0 Å². The highest BCUT2D eigenvalue weighted by molar-refractivity contribution is 5.77. The van der Waals surface area contributed by atoms with Crippen LogP contribution in [0.15, 0.2) is 24.3 Å². The highest BCUT2D eigenvalue weighted by Crippen LogP contribution is 2.33. The average molecular weight is 234 g/mol. The lowest BCUT2D eigenvalue weighted by Crippen LogP contribution is -2.29. The average Bonchev–Trinajstić information content (AvgIpc) is 2.66. The molecule has 0 N–H and O–H groups in total. The topological polar surface area (TPSA) is 32.8 Å². The van der Waals surface area contributed by atoms with Crippen LogP contribution in [0.3, 0.4) is 0 Å². The van der Waals surface area contributed by atoms with Crippen molar-refractivity contribution in [2.24, 2.45) is 0 Å². The molecule has 1 saturated heterocycles. The van der Waals surface area contributed by atoms with Crippen LogP contribution < -0.4 is 4.74 Å². The highest BCUT2D eigenvalue weighted by atomic mass is 16.5. The van der Waals surface area contributed by atoms with Gasteiger partial charge in [-0.1, -0.05) is 18.2 Å². The molecule has 0 radical (unpaired) electrons. The van der Waals surface area contributed by atoms with Gasteiger partial charge in [-0.3, -0.25) is 0 Å². The van der Waals surface area contributed by atoms with E-state index in [4.69, 9.17) is 4.74 Å². The van der Waals surface area contributed by atoms with Crippen molar-refractivity contribution >= 4 is 6.03 Å². The molecule has 1 aromatic carbocycles. The quantitative estimate of drug-likeness (QED) is 0.802. The van der Waals surface area contributed by atoms with Crippen molar-refractivity contribution in [3.63, 3.8) is 0 Å². The first kappa shape index (κ1) is 11.8. The monoisotopic (exact) mass is 234 g/mol. The molecule has 4 nitrogen and oxygen atoms in total. The van der Waals surface area contributed by atoms with Crippen molar-refractivity contribution in [1.29, 1.82) is 0 Å². The van der Waals surface area contributed by atoms with Crippen LogP contribution in [0.4, 0.5) is 4.79 Å². The largest absolute Gasteiger partial charge is 0.496 e. The van der Waals surface area contributed by atoms with E-state index in [1.54, 1.807) is 12.0 Å². The number of likely N-dealkylation sites (N-methyl/N-ethyl adjacent to an activating group) is 2. The highest BCUT2D eigenvalue weighted by Gasteiger charge is 2.35. The number of hydrogen-bond donors (Lipinski definition) is 0. The fourth-order valence-corrected chi connectivity index (χ4v) is 2.28. The fraction of sp³-hybridized carbons (Fsp3) is 0.462. The van der Waals surface area contributed by atoms with Crippen LogP contribution in [0.5, 0.6) is 5.75 Å². The van der Waals surface area contributed by atoms with Gasteiger partial charge in [0, 0.05) is 25.7 Å². The Balaban J connectivity index is 2.32. The molecule has 1 aliphatic heterocycles. The molecule has 1 atom stereocenters. The number of para-hydroxylation sites is 1. The first-order valence-corrected chi connectivity index (χ1v) is 5.83. The van der Waals surface area contributed by atoms with E-state index in [1.165, 1.54) is 0 Å². The standard InChI is InChI=1S/C13H18N2O2/c1-4-15-9-11(14(2)13(15)16)10-7-5-6-8-12(10)17-3/h5-8,11H,4,9H2,1-3H3. The van der Waals surface area contributed by atoms with E-state index in [-0.39, 0.29) is 12.1 Å². The third-order valence-electron chi connectivity index (χ3n) is 3.31. The van der Waals surface area contributed by atoms with Crippen molar-refractivity contribution in [3.05, 3.63) is 29.8 Å². The zero-order chi connectivity index (χ0) is 12.4. The van der Waals surface area contributed by atoms with Crippen LogP contribution in [0, 0.1) is 0 Å². The Morgan fingerprint density at radius 3 is 2.71 bits per heavy atom. The number of ether oxygens (including phenoxy) is 1. The Morgan fingerprint density at radius 1 is 1.41 bits per heavy atom. The molecule has 1 aromatic rings. The van der Waals surface area contributed by atoms with Gasteiger partial charge in [-0.05, 0) is 13.0 Å². The maximum atomic E-state index is 11.9. The summed E-state index contributed by atoms with van der Waals surface area (Å²) in [4.78, 5) is 15.6. The van der Waals surface area contributed by atoms with E-state index in [0.29, 0.717) is 0 Å². The van der Waals surface area contributed by atoms with Gasteiger partial charge < -0.3 is 14.5 Å². The minimum Gasteiger partial charge on any atom is -0.496 e. The molecule has 0 aromatic heterocycles. The van der Waals surface area contributed by atoms with Gasteiger partial charge in [0.05, 0.1) is 13.2 Å². The molecule has 1 heterocycles. The molecule has 2 amide bonds. The van der Waals surface area contributed by atoms with Crippen LogP contribution in [-0.4, -0.2) is 43.1 Å². The van der Waals surface area contributed by atoms with Crippen molar-refractivity contribution < 1.29 is 9.53 Å². The smallest absolute Gasteiger partial charge is 0.320 e. The van der Waals surface area contributed by atoms with Gasteiger partial charge >= 0.3 is 6.03 Å². The predicted octanol–water partition coefficient (Wildman–Crippen LogP) is 2.12. The first-order valence-electron chi connectivity index (χ1n) is 5.83. The van der Waals surface area contributed by atoms with E-state index in [0.717, 1.165) is 24.4 Å². The van der Waals surface area contributed by atoms with E-state index in [1.807, 2.05) is 43.1 Å². The molecule has 1 aliphatic rings. The Morgan fingerprint density at radius 2 is 2.12 bits per heavy atom. The zero-order valence-electron chi connectivity index (χ0n) is 10.5. The molecule has 0 spiro atoms. The first-order chi connectivity index (χ1) is 8.19. The van der Waals surface area contributed by atoms with Gasteiger partial charge in [-0.25, -0.2) is 4.79 Å². The van der Waals surface area contributed by atoms with Crippen LogP contribution in [0.25, 0.3) is 0 Å². The van der Waals surface area contributed by atoms with Gasteiger partial charge in [0.2, 0.25) is 0 Å². The van der Waals surface area contributed by atoms with Crippen molar-refractivity contribution in [2.45, 2.75) is 13.0 Å². The number of hydrogen-bond acceptors (Lipinski definition) is 2. The molecule has 0 aliphatic carbocycles. The summed E-state index contributed by atoms with van der Waals surface area (Å²) in [6.07, 6.45) is 0. The minimum atomic E-state index is 0.0820. The lowest BCUT2D eigenvalue weighted by atomic mass is 10.1. The summed E-state index contributed by atoms with van der Waals surface area (Å²) in [6, 6.07) is 8.04. The summed E-state index contributed by atoms with van der Waals surface area (Å²) >= 11 is 0. The molecular formula is C13H18N2O2. The Kier molecular flexibility index (Phi) is 3.22. The maximum absolute atomic E-state index is 11.9. The van der Waals surface area contributed by atoms with E-state index in [2.05, 4.69) is 0 Å².